The Morgan fingerprint density at radius 2 is 2.00 bits per heavy atom. The normalized spacial score (nSPS) is 18.7. The van der Waals surface area contributed by atoms with Crippen molar-refractivity contribution in [3.8, 4) is 0 Å². The van der Waals surface area contributed by atoms with E-state index in [1.807, 2.05) is 0 Å². The van der Waals surface area contributed by atoms with Crippen LogP contribution in [0.2, 0.25) is 0 Å². The van der Waals surface area contributed by atoms with Crippen LogP contribution in [0.3, 0.4) is 0 Å². The predicted molar refractivity (Wildman–Crippen MR) is 59.7 cm³/mol. The van der Waals surface area contributed by atoms with Crippen molar-refractivity contribution >= 4 is 11.9 Å². The molecule has 1 aliphatic rings. The summed E-state index contributed by atoms with van der Waals surface area (Å²) in [6.07, 6.45) is -4.38. The molecule has 1 heterocycles. The van der Waals surface area contributed by atoms with Crippen LogP contribution in [0.1, 0.15) is 11.1 Å². The Bertz CT molecular complexity index is 508. The van der Waals surface area contributed by atoms with Gasteiger partial charge in [0.2, 0.25) is 5.90 Å². The number of nitrogens with zero attached hydrogens (tertiary/aromatic N) is 1. The van der Waals surface area contributed by atoms with Gasteiger partial charge in [-0.2, -0.15) is 13.2 Å². The molecule has 4 nitrogen and oxygen atoms in total. The Kier molecular flexibility index (Phi) is 3.46. The number of hydrogen-bond donors (Lipinski definition) is 0. The average molecular weight is 273 g/mol. The molecular formula is C12H10F3NO3. The topological polar surface area (TPSA) is 47.9 Å². The third-order valence-electron chi connectivity index (χ3n) is 2.58. The zero-order valence-electron chi connectivity index (χ0n) is 9.90. The lowest BCUT2D eigenvalue weighted by molar-refractivity contribution is -0.142. The van der Waals surface area contributed by atoms with Crippen molar-refractivity contribution < 1.29 is 27.4 Å². The largest absolute Gasteiger partial charge is 0.475 e. The summed E-state index contributed by atoms with van der Waals surface area (Å²) in [4.78, 5) is 15.2. The van der Waals surface area contributed by atoms with E-state index in [0.29, 0.717) is 5.56 Å². The zero-order valence-corrected chi connectivity index (χ0v) is 9.90. The predicted octanol–water partition coefficient (Wildman–Crippen LogP) is 2.02. The summed E-state index contributed by atoms with van der Waals surface area (Å²) in [5.41, 5.74) is -0.362. The molecule has 0 unspecified atom stereocenters. The summed E-state index contributed by atoms with van der Waals surface area (Å²) >= 11 is 0. The molecule has 0 aliphatic carbocycles. The Labute approximate surface area is 106 Å². The van der Waals surface area contributed by atoms with Crippen LogP contribution in [0.4, 0.5) is 13.2 Å². The van der Waals surface area contributed by atoms with Gasteiger partial charge in [0.05, 0.1) is 12.7 Å². The van der Waals surface area contributed by atoms with Crippen LogP contribution in [0.5, 0.6) is 0 Å². The minimum Gasteiger partial charge on any atom is -0.475 e. The van der Waals surface area contributed by atoms with Gasteiger partial charge in [-0.15, -0.1) is 0 Å². The number of aliphatic imine (C=N–C) groups is 1. The van der Waals surface area contributed by atoms with Crippen LogP contribution in [0, 0.1) is 0 Å². The quantitative estimate of drug-likeness (QED) is 0.774. The molecule has 102 valence electrons. The van der Waals surface area contributed by atoms with E-state index in [1.165, 1.54) is 19.2 Å². The third kappa shape index (κ3) is 2.86. The van der Waals surface area contributed by atoms with Crippen LogP contribution in [0.15, 0.2) is 29.3 Å². The van der Waals surface area contributed by atoms with E-state index in [9.17, 15) is 18.0 Å². The first-order valence-corrected chi connectivity index (χ1v) is 5.38. The maximum absolute atomic E-state index is 12.4. The van der Waals surface area contributed by atoms with Crippen molar-refractivity contribution in [1.29, 1.82) is 0 Å². The summed E-state index contributed by atoms with van der Waals surface area (Å²) in [6, 6.07) is 3.62. The van der Waals surface area contributed by atoms with E-state index in [-0.39, 0.29) is 12.5 Å². The Morgan fingerprint density at radius 3 is 2.53 bits per heavy atom. The van der Waals surface area contributed by atoms with Gasteiger partial charge in [-0.25, -0.2) is 9.79 Å². The molecule has 19 heavy (non-hydrogen) atoms. The molecule has 1 atom stereocenters. The molecule has 0 aromatic heterocycles. The van der Waals surface area contributed by atoms with Gasteiger partial charge in [0.15, 0.2) is 6.04 Å². The van der Waals surface area contributed by atoms with Gasteiger partial charge >= 0.3 is 12.1 Å². The lowest BCUT2D eigenvalue weighted by Gasteiger charge is -2.07. The number of rotatable bonds is 2. The molecule has 0 saturated carbocycles. The number of carbonyl (C=O) groups excluding carboxylic acids is 1. The Morgan fingerprint density at radius 1 is 1.37 bits per heavy atom. The van der Waals surface area contributed by atoms with Crippen LogP contribution in [0.25, 0.3) is 0 Å². The molecule has 0 saturated heterocycles. The van der Waals surface area contributed by atoms with Gasteiger partial charge in [0.25, 0.3) is 0 Å². The van der Waals surface area contributed by atoms with Gasteiger partial charge in [-0.3, -0.25) is 0 Å². The summed E-state index contributed by atoms with van der Waals surface area (Å²) in [5.74, 6) is -0.397. The van der Waals surface area contributed by atoms with Gasteiger partial charge in [0, 0.05) is 5.56 Å². The second-order valence-electron chi connectivity index (χ2n) is 3.86. The molecule has 7 heteroatoms. The van der Waals surface area contributed by atoms with Crippen molar-refractivity contribution in [1.82, 2.24) is 0 Å². The highest BCUT2D eigenvalue weighted by atomic mass is 19.4. The first kappa shape index (κ1) is 13.4. The summed E-state index contributed by atoms with van der Waals surface area (Å²) in [7, 11) is 1.23. The van der Waals surface area contributed by atoms with E-state index in [0.717, 1.165) is 12.1 Å². The maximum Gasteiger partial charge on any atom is 0.416 e. The van der Waals surface area contributed by atoms with Gasteiger partial charge in [0.1, 0.15) is 6.61 Å². The number of esters is 1. The zero-order chi connectivity index (χ0) is 14.0. The number of methoxy groups -OCH3 is 1. The van der Waals surface area contributed by atoms with Crippen molar-refractivity contribution in [3.05, 3.63) is 35.4 Å². The molecule has 0 radical (unpaired) electrons. The minimum absolute atomic E-state index is 0.0308. The molecule has 0 N–H and O–H groups in total. The molecule has 0 fully saturated rings. The van der Waals surface area contributed by atoms with Crippen molar-refractivity contribution in [3.63, 3.8) is 0 Å². The average Bonchev–Trinajstić information content (AvgIpc) is 2.86. The SMILES string of the molecule is COC(=O)[C@@H]1COC(c2ccc(C(F)(F)F)cc2)=N1. The first-order valence-electron chi connectivity index (χ1n) is 5.38. The van der Waals surface area contributed by atoms with Crippen molar-refractivity contribution in [2.45, 2.75) is 12.2 Å². The maximum atomic E-state index is 12.4. The Balaban J connectivity index is 2.18. The number of hydrogen-bond acceptors (Lipinski definition) is 4. The third-order valence-corrected chi connectivity index (χ3v) is 2.58. The van der Waals surface area contributed by atoms with Crippen molar-refractivity contribution in [2.75, 3.05) is 13.7 Å². The van der Waals surface area contributed by atoms with Crippen LogP contribution >= 0.6 is 0 Å². The fourth-order valence-corrected chi connectivity index (χ4v) is 1.59. The van der Waals surface area contributed by atoms with E-state index in [4.69, 9.17) is 4.74 Å². The fraction of sp³-hybridized carbons (Fsp3) is 0.333. The summed E-state index contributed by atoms with van der Waals surface area (Å²) in [5, 5.41) is 0. The van der Waals surface area contributed by atoms with E-state index >= 15 is 0 Å². The summed E-state index contributed by atoms with van der Waals surface area (Å²) in [6.45, 7) is 0.0308. The smallest absolute Gasteiger partial charge is 0.416 e. The standard InChI is InChI=1S/C12H10F3NO3/c1-18-11(17)9-6-19-10(16-9)7-2-4-8(5-3-7)12(13,14)15/h2-5,9H,6H2,1H3/t9-/m0/s1. The lowest BCUT2D eigenvalue weighted by atomic mass is 10.1. The minimum atomic E-state index is -4.38. The number of halogens is 3. The van der Waals surface area contributed by atoms with Crippen LogP contribution < -0.4 is 0 Å². The molecule has 1 aliphatic heterocycles. The van der Waals surface area contributed by atoms with Gasteiger partial charge in [-0.05, 0) is 24.3 Å². The first-order chi connectivity index (χ1) is 8.91. The monoisotopic (exact) mass is 273 g/mol. The van der Waals surface area contributed by atoms with Crippen molar-refractivity contribution in [2.24, 2.45) is 4.99 Å². The van der Waals surface area contributed by atoms with E-state index in [1.54, 1.807) is 0 Å². The number of benzene rings is 1. The highest BCUT2D eigenvalue weighted by Gasteiger charge is 2.31. The number of alkyl halides is 3. The molecular weight excluding hydrogens is 263 g/mol. The number of ether oxygens (including phenoxy) is 2. The van der Waals surface area contributed by atoms with Crippen LogP contribution in [-0.2, 0) is 20.4 Å². The molecule has 1 aromatic carbocycles. The van der Waals surface area contributed by atoms with Gasteiger partial charge in [-0.1, -0.05) is 0 Å². The summed E-state index contributed by atoms with van der Waals surface area (Å²) < 4.78 is 46.8. The van der Waals surface area contributed by atoms with E-state index in [2.05, 4.69) is 9.73 Å². The molecule has 0 amide bonds. The highest BCUT2D eigenvalue weighted by Crippen LogP contribution is 2.29. The lowest BCUT2D eigenvalue weighted by Crippen LogP contribution is -2.21. The highest BCUT2D eigenvalue weighted by molar-refractivity contribution is 5.97. The van der Waals surface area contributed by atoms with E-state index < -0.39 is 23.8 Å². The van der Waals surface area contributed by atoms with Gasteiger partial charge < -0.3 is 9.47 Å². The molecule has 0 bridgehead atoms. The Hall–Kier alpha value is -2.05. The fourth-order valence-electron chi connectivity index (χ4n) is 1.59. The molecule has 2 rings (SSSR count). The second-order valence-corrected chi connectivity index (χ2v) is 3.86. The number of carbonyl (C=O) groups is 1. The van der Waals surface area contributed by atoms with Crippen LogP contribution in [-0.4, -0.2) is 31.6 Å². The molecule has 0 spiro atoms. The second kappa shape index (κ2) is 4.91. The molecule has 1 aromatic rings.